The van der Waals surface area contributed by atoms with E-state index in [9.17, 15) is 10.1 Å². The van der Waals surface area contributed by atoms with Gasteiger partial charge in [0.1, 0.15) is 0 Å². The van der Waals surface area contributed by atoms with Crippen molar-refractivity contribution in [2.75, 3.05) is 19.0 Å². The van der Waals surface area contributed by atoms with Crippen molar-refractivity contribution in [2.24, 2.45) is 0 Å². The van der Waals surface area contributed by atoms with Crippen LogP contribution in [0, 0.1) is 17.0 Å². The number of ether oxygens (including phenoxy) is 1. The van der Waals surface area contributed by atoms with E-state index in [2.05, 4.69) is 10.3 Å². The first-order valence-corrected chi connectivity index (χ1v) is 5.45. The molecule has 0 saturated carbocycles. The maximum Gasteiger partial charge on any atom is 0.314 e. The van der Waals surface area contributed by atoms with Crippen molar-refractivity contribution < 1.29 is 9.66 Å². The van der Waals surface area contributed by atoms with E-state index in [-0.39, 0.29) is 11.7 Å². The number of hydrogen-bond acceptors (Lipinski definition) is 5. The maximum absolute atomic E-state index is 11.0. The van der Waals surface area contributed by atoms with E-state index < -0.39 is 4.92 Å². The Morgan fingerprint density at radius 3 is 2.88 bits per heavy atom. The average molecular weight is 239 g/mol. The second kappa shape index (κ2) is 6.15. The Labute approximate surface area is 100 Å². The molecule has 1 heterocycles. The van der Waals surface area contributed by atoms with Crippen molar-refractivity contribution >= 4 is 11.5 Å². The Kier molecular flexibility index (Phi) is 4.84. The molecule has 0 aliphatic heterocycles. The van der Waals surface area contributed by atoms with Gasteiger partial charge in [0.05, 0.1) is 17.6 Å². The number of nitrogens with one attached hydrogen (secondary N) is 1. The molecule has 17 heavy (non-hydrogen) atoms. The zero-order valence-corrected chi connectivity index (χ0v) is 10.3. The van der Waals surface area contributed by atoms with Crippen molar-refractivity contribution in [3.63, 3.8) is 0 Å². The summed E-state index contributed by atoms with van der Waals surface area (Å²) in [6.07, 6.45) is 2.37. The maximum atomic E-state index is 11.0. The third kappa shape index (κ3) is 3.39. The number of nitrogens with zero attached hydrogens (tertiary/aromatic N) is 2. The lowest BCUT2D eigenvalue weighted by molar-refractivity contribution is -0.384. The molecule has 6 heteroatoms. The van der Waals surface area contributed by atoms with Gasteiger partial charge in [-0.25, -0.2) is 4.98 Å². The summed E-state index contributed by atoms with van der Waals surface area (Å²) in [6, 6.07) is 1.65. The molecule has 1 aromatic rings. The van der Waals surface area contributed by atoms with Crippen molar-refractivity contribution in [1.29, 1.82) is 0 Å². The van der Waals surface area contributed by atoms with Crippen LogP contribution in [0.5, 0.6) is 0 Å². The fraction of sp³-hybridized carbons (Fsp3) is 0.545. The highest BCUT2D eigenvalue weighted by molar-refractivity contribution is 5.60. The SMILES string of the molecule is CCC(COC)Nc1nccc(C)c1[N+](=O)[O-]. The molecule has 0 fully saturated rings. The number of rotatable bonds is 6. The Hall–Kier alpha value is -1.69. The van der Waals surface area contributed by atoms with Crippen LogP contribution in [0.2, 0.25) is 0 Å². The molecule has 1 N–H and O–H groups in total. The highest BCUT2D eigenvalue weighted by Crippen LogP contribution is 2.26. The zero-order chi connectivity index (χ0) is 12.8. The largest absolute Gasteiger partial charge is 0.383 e. The Morgan fingerprint density at radius 1 is 1.65 bits per heavy atom. The minimum Gasteiger partial charge on any atom is -0.383 e. The lowest BCUT2D eigenvalue weighted by Gasteiger charge is -2.16. The summed E-state index contributed by atoms with van der Waals surface area (Å²) in [6.45, 7) is 4.17. The molecule has 0 aliphatic rings. The Balaban J connectivity index is 2.97. The number of nitro groups is 1. The highest BCUT2D eigenvalue weighted by atomic mass is 16.6. The van der Waals surface area contributed by atoms with Gasteiger partial charge >= 0.3 is 5.69 Å². The number of hydrogen-bond donors (Lipinski definition) is 1. The standard InChI is InChI=1S/C11H17N3O3/c1-4-9(7-17-3)13-11-10(14(15)16)8(2)5-6-12-11/h5-6,9H,4,7H2,1-3H3,(H,12,13). The predicted octanol–water partition coefficient (Wildman–Crippen LogP) is 2.14. The van der Waals surface area contributed by atoms with Gasteiger partial charge in [0.25, 0.3) is 0 Å². The topological polar surface area (TPSA) is 77.3 Å². The van der Waals surface area contributed by atoms with Crippen LogP contribution in [-0.4, -0.2) is 29.7 Å². The second-order valence-corrected chi connectivity index (χ2v) is 3.79. The van der Waals surface area contributed by atoms with E-state index in [4.69, 9.17) is 4.74 Å². The summed E-state index contributed by atoms with van der Waals surface area (Å²) in [5.41, 5.74) is 0.627. The quantitative estimate of drug-likeness (QED) is 0.607. The van der Waals surface area contributed by atoms with E-state index in [1.165, 1.54) is 0 Å². The number of methoxy groups -OCH3 is 1. The normalized spacial score (nSPS) is 12.2. The van der Waals surface area contributed by atoms with Crippen molar-refractivity contribution in [3.8, 4) is 0 Å². The van der Waals surface area contributed by atoms with E-state index in [1.54, 1.807) is 26.3 Å². The van der Waals surface area contributed by atoms with Gasteiger partial charge in [-0.3, -0.25) is 10.1 Å². The minimum absolute atomic E-state index is 0.0213. The molecule has 0 aromatic carbocycles. The van der Waals surface area contributed by atoms with Gasteiger partial charge in [-0.2, -0.15) is 0 Å². The molecular formula is C11H17N3O3. The molecule has 0 radical (unpaired) electrons. The number of pyridine rings is 1. The van der Waals surface area contributed by atoms with Crippen LogP contribution in [0.3, 0.4) is 0 Å². The van der Waals surface area contributed by atoms with Crippen LogP contribution in [-0.2, 0) is 4.74 Å². The summed E-state index contributed by atoms with van der Waals surface area (Å²) >= 11 is 0. The van der Waals surface area contributed by atoms with Crippen molar-refractivity contribution in [2.45, 2.75) is 26.3 Å². The predicted molar refractivity (Wildman–Crippen MR) is 65.2 cm³/mol. The van der Waals surface area contributed by atoms with Crippen LogP contribution in [0.4, 0.5) is 11.5 Å². The van der Waals surface area contributed by atoms with E-state index in [0.29, 0.717) is 18.0 Å². The van der Waals surface area contributed by atoms with Gasteiger partial charge < -0.3 is 10.1 Å². The molecule has 1 rings (SSSR count). The molecule has 0 spiro atoms. The van der Waals surface area contributed by atoms with Gasteiger partial charge in [-0.15, -0.1) is 0 Å². The first-order valence-electron chi connectivity index (χ1n) is 5.45. The van der Waals surface area contributed by atoms with Gasteiger partial charge in [-0.1, -0.05) is 6.92 Å². The fourth-order valence-corrected chi connectivity index (χ4v) is 1.54. The molecular weight excluding hydrogens is 222 g/mol. The van der Waals surface area contributed by atoms with Gasteiger partial charge in [0.15, 0.2) is 0 Å². The van der Waals surface area contributed by atoms with E-state index in [1.807, 2.05) is 6.92 Å². The third-order valence-electron chi connectivity index (χ3n) is 2.51. The Morgan fingerprint density at radius 2 is 2.35 bits per heavy atom. The summed E-state index contributed by atoms with van der Waals surface area (Å²) in [5, 5.41) is 14.0. The molecule has 1 atom stereocenters. The molecule has 0 bridgehead atoms. The third-order valence-corrected chi connectivity index (χ3v) is 2.51. The fourth-order valence-electron chi connectivity index (χ4n) is 1.54. The number of anilines is 1. The zero-order valence-electron chi connectivity index (χ0n) is 10.3. The lowest BCUT2D eigenvalue weighted by Crippen LogP contribution is -2.25. The summed E-state index contributed by atoms with van der Waals surface area (Å²) < 4.78 is 5.04. The molecule has 1 unspecified atom stereocenters. The van der Waals surface area contributed by atoms with Gasteiger partial charge in [0, 0.05) is 18.9 Å². The van der Waals surface area contributed by atoms with Crippen LogP contribution < -0.4 is 5.32 Å². The van der Waals surface area contributed by atoms with Crippen molar-refractivity contribution in [3.05, 3.63) is 27.9 Å². The summed E-state index contributed by atoms with van der Waals surface area (Å²) in [5.74, 6) is 0.305. The molecule has 0 saturated heterocycles. The average Bonchev–Trinajstić information content (AvgIpc) is 2.28. The first-order chi connectivity index (χ1) is 8.10. The summed E-state index contributed by atoms with van der Waals surface area (Å²) in [4.78, 5) is 14.6. The summed E-state index contributed by atoms with van der Waals surface area (Å²) in [7, 11) is 1.60. The van der Waals surface area contributed by atoms with Gasteiger partial charge in [0.2, 0.25) is 5.82 Å². The number of aromatic nitrogens is 1. The van der Waals surface area contributed by atoms with Gasteiger partial charge in [-0.05, 0) is 19.4 Å². The second-order valence-electron chi connectivity index (χ2n) is 3.79. The molecule has 0 amide bonds. The Bertz CT molecular complexity index is 396. The first kappa shape index (κ1) is 13.4. The van der Waals surface area contributed by atoms with E-state index in [0.717, 1.165) is 6.42 Å². The molecule has 0 aliphatic carbocycles. The lowest BCUT2D eigenvalue weighted by atomic mass is 10.2. The van der Waals surface area contributed by atoms with Crippen LogP contribution in [0.15, 0.2) is 12.3 Å². The van der Waals surface area contributed by atoms with Crippen molar-refractivity contribution in [1.82, 2.24) is 4.98 Å². The van der Waals surface area contributed by atoms with Crippen LogP contribution in [0.25, 0.3) is 0 Å². The number of aryl methyl sites for hydroxylation is 1. The molecule has 1 aromatic heterocycles. The smallest absolute Gasteiger partial charge is 0.314 e. The molecule has 6 nitrogen and oxygen atoms in total. The highest BCUT2D eigenvalue weighted by Gasteiger charge is 2.20. The molecule has 94 valence electrons. The van der Waals surface area contributed by atoms with Crippen LogP contribution in [0.1, 0.15) is 18.9 Å². The van der Waals surface area contributed by atoms with E-state index >= 15 is 0 Å². The van der Waals surface area contributed by atoms with Crippen LogP contribution >= 0.6 is 0 Å². The monoisotopic (exact) mass is 239 g/mol. The minimum atomic E-state index is -0.413.